The van der Waals surface area contributed by atoms with Crippen molar-refractivity contribution in [3.63, 3.8) is 0 Å². The Labute approximate surface area is 196 Å². The molecule has 162 valence electrons. The van der Waals surface area contributed by atoms with E-state index in [1.807, 2.05) is 37.3 Å². The molecule has 5 rings (SSSR count). The van der Waals surface area contributed by atoms with Crippen LogP contribution < -0.4 is 11.0 Å². The van der Waals surface area contributed by atoms with Gasteiger partial charge >= 0.3 is 0 Å². The number of hydrogen-bond donors (Lipinski definition) is 1. The molecule has 1 amide bonds. The molecule has 1 N–H and O–H groups in total. The minimum atomic E-state index is -0.404. The van der Waals surface area contributed by atoms with E-state index in [1.165, 1.54) is 46.1 Å². The molecule has 10 heteroatoms. The summed E-state index contributed by atoms with van der Waals surface area (Å²) in [5, 5.41) is 4.49. The average molecular weight is 473 g/mol. The van der Waals surface area contributed by atoms with E-state index in [0.717, 1.165) is 20.1 Å². The van der Waals surface area contributed by atoms with Gasteiger partial charge in [0, 0.05) is 24.2 Å². The number of hydrogen-bond acceptors (Lipinski definition) is 8. The molecule has 5 aromatic rings. The highest BCUT2D eigenvalue weighted by molar-refractivity contribution is 8.01. The predicted molar refractivity (Wildman–Crippen MR) is 129 cm³/mol. The molecule has 0 aliphatic rings. The number of pyridine rings is 2. The first-order valence-corrected chi connectivity index (χ1v) is 11.5. The number of para-hydroxylation sites is 1. The lowest BCUT2D eigenvalue weighted by Crippen LogP contribution is -2.23. The Bertz CT molecular complexity index is 1540. The summed E-state index contributed by atoms with van der Waals surface area (Å²) in [6.07, 6.45) is 6.04. The summed E-state index contributed by atoms with van der Waals surface area (Å²) in [4.78, 5) is 38.8. The molecule has 0 aliphatic carbocycles. The van der Waals surface area contributed by atoms with Crippen LogP contribution in [-0.4, -0.2) is 31.5 Å². The standard InChI is InChI=1S/C23H16N6O2S2/c1-14-5-4-12-29-19(14)27-21(33-23-26-17-6-2-3-7-18(17)32-23)16(22(29)31)13-25-28-20(30)15-8-10-24-11-9-15/h2-13H,1H3,(H,28,30). The second-order valence-corrected chi connectivity index (χ2v) is 9.27. The van der Waals surface area contributed by atoms with Gasteiger partial charge in [0.2, 0.25) is 0 Å². The number of aryl methyl sites for hydroxylation is 1. The fourth-order valence-corrected chi connectivity index (χ4v) is 5.24. The summed E-state index contributed by atoms with van der Waals surface area (Å²) in [6, 6.07) is 14.7. The van der Waals surface area contributed by atoms with Crippen LogP contribution in [-0.2, 0) is 0 Å². The molecule has 0 atom stereocenters. The number of aromatic nitrogens is 4. The van der Waals surface area contributed by atoms with Crippen molar-refractivity contribution >= 4 is 51.1 Å². The first-order chi connectivity index (χ1) is 16.1. The van der Waals surface area contributed by atoms with Gasteiger partial charge in [-0.1, -0.05) is 18.2 Å². The molecule has 0 radical (unpaired) electrons. The number of carbonyl (C=O) groups excluding carboxylic acids is 1. The van der Waals surface area contributed by atoms with Crippen molar-refractivity contribution < 1.29 is 4.79 Å². The molecule has 0 unspecified atom stereocenters. The molecule has 33 heavy (non-hydrogen) atoms. The van der Waals surface area contributed by atoms with Gasteiger partial charge in [-0.3, -0.25) is 19.0 Å². The molecule has 0 fully saturated rings. The highest BCUT2D eigenvalue weighted by Crippen LogP contribution is 2.34. The Morgan fingerprint density at radius 1 is 1.12 bits per heavy atom. The smallest absolute Gasteiger partial charge is 0.268 e. The van der Waals surface area contributed by atoms with E-state index in [0.29, 0.717) is 16.2 Å². The molecule has 0 saturated carbocycles. The number of rotatable bonds is 5. The summed E-state index contributed by atoms with van der Waals surface area (Å²) in [7, 11) is 0. The number of fused-ring (bicyclic) bond motifs is 2. The van der Waals surface area contributed by atoms with Gasteiger partial charge in [0.15, 0.2) is 4.34 Å². The topological polar surface area (TPSA) is 102 Å². The van der Waals surface area contributed by atoms with Crippen LogP contribution in [0.5, 0.6) is 0 Å². The molecule has 4 aromatic heterocycles. The highest BCUT2D eigenvalue weighted by Gasteiger charge is 2.16. The van der Waals surface area contributed by atoms with Crippen molar-refractivity contribution in [1.82, 2.24) is 24.8 Å². The summed E-state index contributed by atoms with van der Waals surface area (Å²) < 4.78 is 3.29. The van der Waals surface area contributed by atoms with E-state index in [1.54, 1.807) is 24.4 Å². The van der Waals surface area contributed by atoms with Crippen molar-refractivity contribution in [3.05, 3.63) is 94.2 Å². The average Bonchev–Trinajstić information content (AvgIpc) is 3.24. The fourth-order valence-electron chi connectivity index (χ4n) is 3.18. The zero-order chi connectivity index (χ0) is 22.8. The number of benzene rings is 1. The van der Waals surface area contributed by atoms with E-state index in [9.17, 15) is 9.59 Å². The number of amides is 1. The Kier molecular flexibility index (Phi) is 5.68. The van der Waals surface area contributed by atoms with Crippen LogP contribution in [0.3, 0.4) is 0 Å². The summed E-state index contributed by atoms with van der Waals surface area (Å²) in [5.41, 5.74) is 5.16. The Morgan fingerprint density at radius 2 is 1.94 bits per heavy atom. The minimum absolute atomic E-state index is 0.261. The zero-order valence-corrected chi connectivity index (χ0v) is 18.9. The lowest BCUT2D eigenvalue weighted by Gasteiger charge is -2.08. The van der Waals surface area contributed by atoms with Crippen LogP contribution in [0.2, 0.25) is 0 Å². The van der Waals surface area contributed by atoms with Gasteiger partial charge < -0.3 is 0 Å². The van der Waals surface area contributed by atoms with Gasteiger partial charge in [0.1, 0.15) is 10.7 Å². The van der Waals surface area contributed by atoms with Crippen molar-refractivity contribution in [3.8, 4) is 0 Å². The number of thiazole rings is 1. The largest absolute Gasteiger partial charge is 0.271 e. The molecule has 8 nitrogen and oxygen atoms in total. The maximum absolute atomic E-state index is 13.3. The number of nitrogens with zero attached hydrogens (tertiary/aromatic N) is 5. The Hall–Kier alpha value is -3.89. The van der Waals surface area contributed by atoms with Crippen LogP contribution in [0.1, 0.15) is 21.5 Å². The SMILES string of the molecule is Cc1cccn2c(=O)c(C=NNC(=O)c3ccncc3)c(Sc3nc4ccccc4s3)nc12. The quantitative estimate of drug-likeness (QED) is 0.236. The second kappa shape index (κ2) is 8.93. The molecule has 0 saturated heterocycles. The lowest BCUT2D eigenvalue weighted by molar-refractivity contribution is 0.0955. The second-order valence-electron chi connectivity index (χ2n) is 7.01. The maximum Gasteiger partial charge on any atom is 0.271 e. The van der Waals surface area contributed by atoms with Gasteiger partial charge in [-0.25, -0.2) is 15.4 Å². The van der Waals surface area contributed by atoms with Gasteiger partial charge in [-0.15, -0.1) is 11.3 Å². The summed E-state index contributed by atoms with van der Waals surface area (Å²) in [6.45, 7) is 1.90. The third kappa shape index (κ3) is 4.26. The normalized spacial score (nSPS) is 11.4. The van der Waals surface area contributed by atoms with Crippen molar-refractivity contribution in [2.75, 3.05) is 0 Å². The first-order valence-electron chi connectivity index (χ1n) is 9.89. The minimum Gasteiger partial charge on any atom is -0.268 e. The van der Waals surface area contributed by atoms with E-state index >= 15 is 0 Å². The molecule has 0 bridgehead atoms. The summed E-state index contributed by atoms with van der Waals surface area (Å²) in [5.74, 6) is -0.404. The maximum atomic E-state index is 13.3. The summed E-state index contributed by atoms with van der Waals surface area (Å²) >= 11 is 2.83. The first kappa shape index (κ1) is 21.0. The van der Waals surface area contributed by atoms with E-state index < -0.39 is 5.91 Å². The van der Waals surface area contributed by atoms with Crippen LogP contribution in [0.25, 0.3) is 15.9 Å². The van der Waals surface area contributed by atoms with E-state index in [4.69, 9.17) is 4.98 Å². The molecule has 4 heterocycles. The Morgan fingerprint density at radius 3 is 2.76 bits per heavy atom. The van der Waals surface area contributed by atoms with Crippen molar-refractivity contribution in [1.29, 1.82) is 0 Å². The monoisotopic (exact) mass is 472 g/mol. The van der Waals surface area contributed by atoms with Gasteiger partial charge in [0.25, 0.3) is 11.5 Å². The van der Waals surface area contributed by atoms with E-state index in [2.05, 4.69) is 20.5 Å². The van der Waals surface area contributed by atoms with Crippen LogP contribution in [0, 0.1) is 6.92 Å². The number of nitrogens with one attached hydrogen (secondary N) is 1. The molecule has 0 spiro atoms. The third-order valence-corrected chi connectivity index (χ3v) is 6.91. The predicted octanol–water partition coefficient (Wildman–Crippen LogP) is 3.92. The number of carbonyl (C=O) groups is 1. The molecular weight excluding hydrogens is 456 g/mol. The lowest BCUT2D eigenvalue weighted by atomic mass is 10.2. The Balaban J connectivity index is 1.54. The van der Waals surface area contributed by atoms with Crippen LogP contribution in [0.15, 0.2) is 86.4 Å². The third-order valence-electron chi connectivity index (χ3n) is 4.81. The van der Waals surface area contributed by atoms with E-state index in [-0.39, 0.29) is 11.1 Å². The van der Waals surface area contributed by atoms with Crippen molar-refractivity contribution in [2.24, 2.45) is 5.10 Å². The van der Waals surface area contributed by atoms with Crippen molar-refractivity contribution in [2.45, 2.75) is 16.3 Å². The number of hydrazone groups is 1. The van der Waals surface area contributed by atoms with Crippen LogP contribution >= 0.6 is 23.1 Å². The highest BCUT2D eigenvalue weighted by atomic mass is 32.2. The molecule has 1 aromatic carbocycles. The zero-order valence-electron chi connectivity index (χ0n) is 17.3. The van der Waals surface area contributed by atoms with Gasteiger partial charge in [-0.05, 0) is 54.6 Å². The van der Waals surface area contributed by atoms with Gasteiger partial charge in [-0.2, -0.15) is 5.10 Å². The fraction of sp³-hybridized carbons (Fsp3) is 0.0435. The van der Waals surface area contributed by atoms with Crippen LogP contribution in [0.4, 0.5) is 0 Å². The molecule has 0 aliphatic heterocycles. The van der Waals surface area contributed by atoms with Gasteiger partial charge in [0.05, 0.1) is 22.0 Å². The molecular formula is C23H16N6O2S2.